The molecule has 1 fully saturated rings. The van der Waals surface area contributed by atoms with Gasteiger partial charge in [0, 0.05) is 44.8 Å². The Hall–Kier alpha value is -2.34. The summed E-state index contributed by atoms with van der Waals surface area (Å²) in [5.41, 5.74) is 4.14. The molecule has 1 aliphatic rings. The van der Waals surface area contributed by atoms with Crippen molar-refractivity contribution in [1.82, 2.24) is 24.1 Å². The van der Waals surface area contributed by atoms with Crippen LogP contribution in [-0.4, -0.2) is 60.5 Å². The lowest BCUT2D eigenvalue weighted by atomic mass is 10.1. The van der Waals surface area contributed by atoms with Crippen molar-refractivity contribution in [3.63, 3.8) is 0 Å². The minimum absolute atomic E-state index is 0.0338. The van der Waals surface area contributed by atoms with Gasteiger partial charge >= 0.3 is 0 Å². The second-order valence-corrected chi connectivity index (χ2v) is 12.4. The molecule has 1 saturated heterocycles. The molecule has 2 N–H and O–H groups in total. The molecule has 3 aromatic heterocycles. The summed E-state index contributed by atoms with van der Waals surface area (Å²) in [6.07, 6.45) is 1.38. The third kappa shape index (κ3) is 5.58. The van der Waals surface area contributed by atoms with Crippen LogP contribution in [0.15, 0.2) is 65.4 Å². The fourth-order valence-corrected chi connectivity index (χ4v) is 7.16. The van der Waals surface area contributed by atoms with Crippen molar-refractivity contribution in [3.05, 3.63) is 76.5 Å². The van der Waals surface area contributed by atoms with E-state index in [1.54, 1.807) is 29.7 Å². The molecule has 1 aromatic carbocycles. The largest absolute Gasteiger partial charge is 0.297 e. The van der Waals surface area contributed by atoms with Gasteiger partial charge in [-0.25, -0.2) is 4.72 Å². The summed E-state index contributed by atoms with van der Waals surface area (Å²) in [7, 11) is -1.91. The molecule has 4 aromatic rings. The van der Waals surface area contributed by atoms with E-state index in [4.69, 9.17) is 0 Å². The van der Waals surface area contributed by atoms with Crippen LogP contribution in [0.4, 0.5) is 0 Å². The van der Waals surface area contributed by atoms with Crippen molar-refractivity contribution in [2.75, 3.05) is 26.7 Å². The van der Waals surface area contributed by atoms with E-state index in [1.807, 2.05) is 47.2 Å². The topological polar surface area (TPSA) is 81.3 Å². The smallest absolute Gasteiger partial charge is 0.279 e. The molecule has 0 unspecified atom stereocenters. The molecule has 5 rings (SSSR count). The first-order valence-electron chi connectivity index (χ1n) is 11.6. The van der Waals surface area contributed by atoms with Gasteiger partial charge in [-0.3, -0.25) is 10.00 Å². The van der Waals surface area contributed by atoms with Crippen LogP contribution in [0, 0.1) is 0 Å². The summed E-state index contributed by atoms with van der Waals surface area (Å²) in [5, 5.41) is 11.8. The second-order valence-electron chi connectivity index (χ2n) is 8.71. The molecule has 35 heavy (non-hydrogen) atoms. The molecule has 0 saturated carbocycles. The number of aromatic nitrogens is 2. The molecule has 1 aliphatic heterocycles. The van der Waals surface area contributed by atoms with Crippen LogP contribution in [-0.2, 0) is 23.2 Å². The van der Waals surface area contributed by atoms with Crippen LogP contribution in [0.2, 0.25) is 0 Å². The summed E-state index contributed by atoms with van der Waals surface area (Å²) in [6.45, 7) is 2.78. The van der Waals surface area contributed by atoms with E-state index in [1.165, 1.54) is 9.87 Å². The van der Waals surface area contributed by atoms with Gasteiger partial charge in [0.2, 0.25) is 0 Å². The van der Waals surface area contributed by atoms with E-state index in [9.17, 15) is 8.42 Å². The first kappa shape index (κ1) is 24.4. The summed E-state index contributed by atoms with van der Waals surface area (Å²) in [5.74, 6) is 0. The number of hydrogen-bond donors (Lipinski definition) is 2. The summed E-state index contributed by atoms with van der Waals surface area (Å²) in [4.78, 5) is 4.49. The molecule has 0 aliphatic carbocycles. The van der Waals surface area contributed by atoms with Crippen molar-refractivity contribution in [1.29, 1.82) is 0 Å². The number of aromatic amines is 1. The van der Waals surface area contributed by atoms with Gasteiger partial charge in [-0.05, 0) is 41.3 Å². The first-order chi connectivity index (χ1) is 17.0. The fraction of sp³-hybridized carbons (Fsp3) is 0.320. The number of likely N-dealkylation sites (N-methyl/N-ethyl adjacent to an activating group) is 1. The van der Waals surface area contributed by atoms with Crippen LogP contribution in [0.25, 0.3) is 21.1 Å². The lowest BCUT2D eigenvalue weighted by Gasteiger charge is -2.24. The molecule has 0 spiro atoms. The quantitative estimate of drug-likeness (QED) is 0.319. The number of hydrogen-bond acceptors (Lipinski definition) is 6. The fourth-order valence-electron chi connectivity index (χ4n) is 4.55. The predicted octanol–water partition coefficient (Wildman–Crippen LogP) is 4.45. The predicted molar refractivity (Wildman–Crippen MR) is 144 cm³/mol. The monoisotopic (exact) mass is 527 g/mol. The SMILES string of the molecule is CN([C@@H]1CCN(Cc2ccccc2)C1)S(=O)(=O)NCCc1c(-c2cccs2)n[nH]c1-c1cccs1. The van der Waals surface area contributed by atoms with E-state index in [2.05, 4.69) is 38.0 Å². The average molecular weight is 528 g/mol. The van der Waals surface area contributed by atoms with Crippen molar-refractivity contribution >= 4 is 32.9 Å². The van der Waals surface area contributed by atoms with Gasteiger partial charge < -0.3 is 0 Å². The lowest BCUT2D eigenvalue weighted by molar-refractivity contribution is 0.297. The zero-order valence-electron chi connectivity index (χ0n) is 19.6. The summed E-state index contributed by atoms with van der Waals surface area (Å²) >= 11 is 3.27. The minimum atomic E-state index is -3.60. The number of H-pyrrole nitrogens is 1. The number of nitrogens with one attached hydrogen (secondary N) is 2. The van der Waals surface area contributed by atoms with Gasteiger partial charge in [-0.15, -0.1) is 22.7 Å². The number of benzene rings is 1. The first-order valence-corrected chi connectivity index (χ1v) is 14.8. The normalized spacial score (nSPS) is 16.9. The van der Waals surface area contributed by atoms with Crippen molar-refractivity contribution < 1.29 is 8.42 Å². The molecule has 0 radical (unpaired) electrons. The maximum absolute atomic E-state index is 13.1. The third-order valence-electron chi connectivity index (χ3n) is 6.44. The van der Waals surface area contributed by atoms with E-state index in [0.29, 0.717) is 13.0 Å². The van der Waals surface area contributed by atoms with Crippen LogP contribution in [0.1, 0.15) is 17.5 Å². The molecule has 0 amide bonds. The zero-order chi connectivity index (χ0) is 24.3. The van der Waals surface area contributed by atoms with Crippen molar-refractivity contribution in [3.8, 4) is 21.1 Å². The lowest BCUT2D eigenvalue weighted by Crippen LogP contribution is -2.45. The number of likely N-dealkylation sites (tertiary alicyclic amines) is 1. The van der Waals surface area contributed by atoms with Crippen LogP contribution in [0.3, 0.4) is 0 Å². The Labute approximate surface area is 214 Å². The average Bonchev–Trinajstić information content (AvgIpc) is 3.66. The Morgan fingerprint density at radius 1 is 1.09 bits per heavy atom. The van der Waals surface area contributed by atoms with Crippen molar-refractivity contribution in [2.45, 2.75) is 25.4 Å². The number of thiophene rings is 2. The number of nitrogens with zero attached hydrogens (tertiary/aromatic N) is 3. The Morgan fingerprint density at radius 3 is 2.54 bits per heavy atom. The van der Waals surface area contributed by atoms with Gasteiger partial charge in [-0.1, -0.05) is 42.5 Å². The molecule has 7 nitrogen and oxygen atoms in total. The molecular weight excluding hydrogens is 499 g/mol. The second kappa shape index (κ2) is 10.7. The molecule has 4 heterocycles. The summed E-state index contributed by atoms with van der Waals surface area (Å²) in [6, 6.07) is 18.4. The highest BCUT2D eigenvalue weighted by Gasteiger charge is 2.32. The van der Waals surface area contributed by atoms with Crippen LogP contribution < -0.4 is 4.72 Å². The Kier molecular flexibility index (Phi) is 7.47. The van der Waals surface area contributed by atoms with E-state index in [0.717, 1.165) is 52.8 Å². The van der Waals surface area contributed by atoms with Gasteiger partial charge in [0.05, 0.1) is 15.4 Å². The van der Waals surface area contributed by atoms with Crippen LogP contribution >= 0.6 is 22.7 Å². The van der Waals surface area contributed by atoms with Gasteiger partial charge in [0.15, 0.2) is 0 Å². The summed E-state index contributed by atoms with van der Waals surface area (Å²) < 4.78 is 30.6. The maximum atomic E-state index is 13.1. The highest BCUT2D eigenvalue weighted by molar-refractivity contribution is 7.87. The highest BCUT2D eigenvalue weighted by atomic mass is 32.2. The third-order valence-corrected chi connectivity index (χ3v) is 9.83. The maximum Gasteiger partial charge on any atom is 0.279 e. The zero-order valence-corrected chi connectivity index (χ0v) is 22.0. The molecule has 0 bridgehead atoms. The molecular formula is C25H29N5O2S3. The van der Waals surface area contributed by atoms with E-state index in [-0.39, 0.29) is 6.04 Å². The minimum Gasteiger partial charge on any atom is -0.297 e. The standard InChI is InChI=1S/C25H29N5O2S3/c1-29(20-12-14-30(18-20)17-19-7-3-2-4-8-19)35(31,32)26-13-11-21-24(22-9-5-15-33-22)27-28-25(21)23-10-6-16-34-23/h2-10,15-16,20,26H,11-14,17-18H2,1H3,(H,27,28)/t20-/m1/s1. The Bertz CT molecular complexity index is 1270. The molecule has 184 valence electrons. The Morgan fingerprint density at radius 2 is 1.83 bits per heavy atom. The number of rotatable bonds is 10. The molecule has 1 atom stereocenters. The van der Waals surface area contributed by atoms with E-state index >= 15 is 0 Å². The molecule has 10 heteroatoms. The van der Waals surface area contributed by atoms with Gasteiger partial charge in [-0.2, -0.15) is 17.8 Å². The van der Waals surface area contributed by atoms with Crippen molar-refractivity contribution in [2.24, 2.45) is 0 Å². The van der Waals surface area contributed by atoms with Gasteiger partial charge in [0.25, 0.3) is 10.2 Å². The highest BCUT2D eigenvalue weighted by Crippen LogP contribution is 2.34. The van der Waals surface area contributed by atoms with E-state index < -0.39 is 10.2 Å². The van der Waals surface area contributed by atoms with Gasteiger partial charge in [0.1, 0.15) is 5.69 Å². The Balaban J connectivity index is 1.23. The van der Waals surface area contributed by atoms with Crippen LogP contribution in [0.5, 0.6) is 0 Å².